The second-order valence-corrected chi connectivity index (χ2v) is 4.86. The first kappa shape index (κ1) is 11.5. The van der Waals surface area contributed by atoms with E-state index in [0.29, 0.717) is 6.04 Å². The number of rotatable bonds is 3. The van der Waals surface area contributed by atoms with E-state index in [1.807, 2.05) is 0 Å². The van der Waals surface area contributed by atoms with Gasteiger partial charge in [-0.1, -0.05) is 19.8 Å². The largest absolute Gasteiger partial charge is 0.310 e. The van der Waals surface area contributed by atoms with E-state index in [1.54, 1.807) is 12.3 Å². The van der Waals surface area contributed by atoms with E-state index in [9.17, 15) is 4.39 Å². The fourth-order valence-corrected chi connectivity index (χ4v) is 2.43. The molecule has 1 heterocycles. The summed E-state index contributed by atoms with van der Waals surface area (Å²) < 4.78 is 12.9. The van der Waals surface area contributed by atoms with Gasteiger partial charge in [-0.05, 0) is 30.4 Å². The Labute approximate surface area is 96.3 Å². The zero-order valence-corrected chi connectivity index (χ0v) is 9.75. The van der Waals surface area contributed by atoms with Crippen molar-refractivity contribution in [3.63, 3.8) is 0 Å². The fourth-order valence-electron chi connectivity index (χ4n) is 2.43. The molecule has 2 rings (SSSR count). The lowest BCUT2D eigenvalue weighted by Gasteiger charge is -2.27. The predicted molar refractivity (Wildman–Crippen MR) is 62.5 cm³/mol. The number of aromatic nitrogens is 1. The van der Waals surface area contributed by atoms with E-state index >= 15 is 0 Å². The second kappa shape index (κ2) is 5.39. The monoisotopic (exact) mass is 222 g/mol. The standard InChI is InChI=1S/C13H19FN2/c1-10-3-2-4-13(5-10)16-8-11-6-12(14)9-15-7-11/h6-7,9-10,13,16H,2-5,8H2,1H3. The van der Waals surface area contributed by atoms with Crippen LogP contribution in [0.5, 0.6) is 0 Å². The average Bonchev–Trinajstić information content (AvgIpc) is 2.27. The third kappa shape index (κ3) is 3.27. The normalized spacial score (nSPS) is 25.6. The Morgan fingerprint density at radius 2 is 2.31 bits per heavy atom. The van der Waals surface area contributed by atoms with Crippen molar-refractivity contribution in [2.75, 3.05) is 0 Å². The number of hydrogen-bond donors (Lipinski definition) is 1. The molecule has 0 saturated heterocycles. The average molecular weight is 222 g/mol. The van der Waals surface area contributed by atoms with Crippen molar-refractivity contribution in [1.29, 1.82) is 0 Å². The van der Waals surface area contributed by atoms with Gasteiger partial charge < -0.3 is 5.32 Å². The highest BCUT2D eigenvalue weighted by molar-refractivity contribution is 5.09. The molecule has 2 atom stereocenters. The van der Waals surface area contributed by atoms with Gasteiger partial charge in [0.2, 0.25) is 0 Å². The molecule has 1 aliphatic rings. The number of hydrogen-bond acceptors (Lipinski definition) is 2. The smallest absolute Gasteiger partial charge is 0.141 e. The van der Waals surface area contributed by atoms with Crippen LogP contribution in [0.2, 0.25) is 0 Å². The molecular formula is C13H19FN2. The van der Waals surface area contributed by atoms with Crippen molar-refractivity contribution in [3.8, 4) is 0 Å². The molecule has 0 spiro atoms. The summed E-state index contributed by atoms with van der Waals surface area (Å²) in [6.45, 7) is 3.03. The number of nitrogens with one attached hydrogen (secondary N) is 1. The van der Waals surface area contributed by atoms with Crippen LogP contribution in [0.15, 0.2) is 18.5 Å². The SMILES string of the molecule is CC1CCCC(NCc2cncc(F)c2)C1. The Balaban J connectivity index is 1.82. The number of nitrogens with zero attached hydrogens (tertiary/aromatic N) is 1. The van der Waals surface area contributed by atoms with E-state index in [-0.39, 0.29) is 5.82 Å². The topological polar surface area (TPSA) is 24.9 Å². The van der Waals surface area contributed by atoms with Crippen molar-refractivity contribution in [1.82, 2.24) is 10.3 Å². The number of pyridine rings is 1. The molecule has 0 aliphatic heterocycles. The molecule has 1 fully saturated rings. The van der Waals surface area contributed by atoms with E-state index < -0.39 is 0 Å². The summed E-state index contributed by atoms with van der Waals surface area (Å²) in [5, 5.41) is 3.49. The third-order valence-corrected chi connectivity index (χ3v) is 3.29. The molecule has 3 heteroatoms. The highest BCUT2D eigenvalue weighted by Crippen LogP contribution is 2.23. The molecule has 0 bridgehead atoms. The molecule has 2 nitrogen and oxygen atoms in total. The molecule has 2 unspecified atom stereocenters. The summed E-state index contributed by atoms with van der Waals surface area (Å²) in [5.74, 6) is 0.563. The van der Waals surface area contributed by atoms with Crippen LogP contribution < -0.4 is 5.32 Å². The molecule has 0 radical (unpaired) electrons. The Morgan fingerprint density at radius 3 is 3.06 bits per heavy atom. The van der Waals surface area contributed by atoms with E-state index in [2.05, 4.69) is 17.2 Å². The first-order valence-electron chi connectivity index (χ1n) is 6.07. The molecule has 1 saturated carbocycles. The summed E-state index contributed by atoms with van der Waals surface area (Å²) in [5.41, 5.74) is 0.929. The van der Waals surface area contributed by atoms with Crippen molar-refractivity contribution in [3.05, 3.63) is 29.8 Å². The molecule has 1 aliphatic carbocycles. The highest BCUT2D eigenvalue weighted by Gasteiger charge is 2.17. The van der Waals surface area contributed by atoms with Crippen LogP contribution in [0.1, 0.15) is 38.2 Å². The lowest BCUT2D eigenvalue weighted by atomic mass is 9.87. The molecule has 1 aromatic rings. The Kier molecular flexibility index (Phi) is 3.88. The van der Waals surface area contributed by atoms with Crippen LogP contribution in [0.4, 0.5) is 4.39 Å². The van der Waals surface area contributed by atoms with Gasteiger partial charge in [0.05, 0.1) is 6.20 Å². The van der Waals surface area contributed by atoms with Gasteiger partial charge >= 0.3 is 0 Å². The maximum atomic E-state index is 12.9. The van der Waals surface area contributed by atoms with Gasteiger partial charge in [0, 0.05) is 18.8 Å². The first-order chi connectivity index (χ1) is 7.74. The van der Waals surface area contributed by atoms with Gasteiger partial charge in [0.25, 0.3) is 0 Å². The number of halogens is 1. The van der Waals surface area contributed by atoms with Crippen molar-refractivity contribution >= 4 is 0 Å². The molecule has 1 N–H and O–H groups in total. The Morgan fingerprint density at radius 1 is 1.44 bits per heavy atom. The van der Waals surface area contributed by atoms with Crippen molar-refractivity contribution < 1.29 is 4.39 Å². The zero-order valence-electron chi connectivity index (χ0n) is 9.75. The molecule has 0 aromatic carbocycles. The first-order valence-corrected chi connectivity index (χ1v) is 6.07. The van der Waals surface area contributed by atoms with Crippen LogP contribution in [-0.4, -0.2) is 11.0 Å². The van der Waals surface area contributed by atoms with Gasteiger partial charge in [0.1, 0.15) is 5.82 Å². The third-order valence-electron chi connectivity index (χ3n) is 3.29. The maximum Gasteiger partial charge on any atom is 0.141 e. The van der Waals surface area contributed by atoms with Crippen molar-refractivity contribution in [2.45, 2.75) is 45.2 Å². The van der Waals surface area contributed by atoms with Gasteiger partial charge in [-0.15, -0.1) is 0 Å². The van der Waals surface area contributed by atoms with Gasteiger partial charge in [-0.2, -0.15) is 0 Å². The summed E-state index contributed by atoms with van der Waals surface area (Å²) in [4.78, 5) is 3.85. The Bertz CT molecular complexity index is 340. The zero-order chi connectivity index (χ0) is 11.4. The van der Waals surface area contributed by atoms with Gasteiger partial charge in [-0.25, -0.2) is 4.39 Å². The van der Waals surface area contributed by atoms with Crippen LogP contribution in [0, 0.1) is 11.7 Å². The van der Waals surface area contributed by atoms with Gasteiger partial charge in [-0.3, -0.25) is 4.98 Å². The molecule has 88 valence electrons. The van der Waals surface area contributed by atoms with Crippen LogP contribution in [-0.2, 0) is 6.54 Å². The molecular weight excluding hydrogens is 203 g/mol. The van der Waals surface area contributed by atoms with E-state index in [4.69, 9.17) is 0 Å². The lowest BCUT2D eigenvalue weighted by molar-refractivity contribution is 0.300. The minimum Gasteiger partial charge on any atom is -0.310 e. The summed E-state index contributed by atoms with van der Waals surface area (Å²) in [7, 11) is 0. The predicted octanol–water partition coefficient (Wildman–Crippen LogP) is 2.89. The molecule has 16 heavy (non-hydrogen) atoms. The molecule has 1 aromatic heterocycles. The highest BCUT2D eigenvalue weighted by atomic mass is 19.1. The fraction of sp³-hybridized carbons (Fsp3) is 0.615. The lowest BCUT2D eigenvalue weighted by Crippen LogP contribution is -2.33. The van der Waals surface area contributed by atoms with Crippen molar-refractivity contribution in [2.24, 2.45) is 5.92 Å². The minimum absolute atomic E-state index is 0.253. The minimum atomic E-state index is -0.253. The molecule has 0 amide bonds. The summed E-state index contributed by atoms with van der Waals surface area (Å²) >= 11 is 0. The second-order valence-electron chi connectivity index (χ2n) is 4.86. The Hall–Kier alpha value is -0.960. The van der Waals surface area contributed by atoms with Crippen LogP contribution in [0.25, 0.3) is 0 Å². The van der Waals surface area contributed by atoms with E-state index in [0.717, 1.165) is 18.0 Å². The van der Waals surface area contributed by atoms with Crippen LogP contribution in [0.3, 0.4) is 0 Å². The summed E-state index contributed by atoms with van der Waals surface area (Å²) in [6.07, 6.45) is 8.10. The van der Waals surface area contributed by atoms with Crippen LogP contribution >= 0.6 is 0 Å². The summed E-state index contributed by atoms with van der Waals surface area (Å²) in [6, 6.07) is 2.14. The quantitative estimate of drug-likeness (QED) is 0.850. The maximum absolute atomic E-state index is 12.9. The van der Waals surface area contributed by atoms with Gasteiger partial charge in [0.15, 0.2) is 0 Å². The van der Waals surface area contributed by atoms with E-state index in [1.165, 1.54) is 31.9 Å².